The molecule has 0 N–H and O–H groups in total. The average molecular weight is 471 g/mol. The number of hydrogen-bond acceptors (Lipinski definition) is 6. The first-order valence-electron chi connectivity index (χ1n) is 10.6. The lowest BCUT2D eigenvalue weighted by Crippen LogP contribution is -2.33. The van der Waals surface area contributed by atoms with Gasteiger partial charge in [0.05, 0.1) is 30.2 Å². The molecule has 3 aromatic rings. The van der Waals surface area contributed by atoms with Crippen molar-refractivity contribution < 1.29 is 13.9 Å². The second-order valence-corrected chi connectivity index (χ2v) is 8.19. The summed E-state index contributed by atoms with van der Waals surface area (Å²) in [5.74, 6) is -0.805. The highest BCUT2D eigenvalue weighted by Gasteiger charge is 2.22. The van der Waals surface area contributed by atoms with Crippen LogP contribution in [0.15, 0.2) is 59.5 Å². The number of halogens is 2. The molecule has 0 unspecified atom stereocenters. The molecule has 1 aliphatic rings. The van der Waals surface area contributed by atoms with Crippen molar-refractivity contribution in [3.8, 4) is 5.69 Å². The molecular weight excluding hydrogens is 447 g/mol. The molecule has 0 bridgehead atoms. The van der Waals surface area contributed by atoms with E-state index in [0.717, 1.165) is 42.8 Å². The van der Waals surface area contributed by atoms with Crippen molar-refractivity contribution in [3.05, 3.63) is 87.0 Å². The zero-order valence-corrected chi connectivity index (χ0v) is 19.0. The minimum atomic E-state index is -0.562. The van der Waals surface area contributed by atoms with Crippen LogP contribution < -0.4 is 10.5 Å². The monoisotopic (exact) mass is 470 g/mol. The first-order chi connectivity index (χ1) is 16.0. The number of esters is 1. The fourth-order valence-electron chi connectivity index (χ4n) is 3.97. The van der Waals surface area contributed by atoms with Gasteiger partial charge in [0.1, 0.15) is 10.8 Å². The van der Waals surface area contributed by atoms with Gasteiger partial charge in [0, 0.05) is 32.7 Å². The van der Waals surface area contributed by atoms with Gasteiger partial charge in [0.25, 0.3) is 5.56 Å². The number of methoxy groups -OCH3 is 1. The third kappa shape index (κ3) is 5.07. The molecule has 4 rings (SSSR count). The molecule has 1 aromatic heterocycles. The summed E-state index contributed by atoms with van der Waals surface area (Å²) in [7, 11) is 1.28. The van der Waals surface area contributed by atoms with Crippen LogP contribution in [0.1, 0.15) is 22.3 Å². The molecule has 0 saturated carbocycles. The van der Waals surface area contributed by atoms with E-state index in [2.05, 4.69) is 14.9 Å². The van der Waals surface area contributed by atoms with Gasteiger partial charge in [-0.25, -0.2) is 9.18 Å². The maximum atomic E-state index is 13.2. The minimum absolute atomic E-state index is 0.0525. The van der Waals surface area contributed by atoms with Gasteiger partial charge in [-0.2, -0.15) is 9.78 Å². The standard InChI is InChI=1S/C24H24ClFN4O3/c1-33-24(32)19-5-2-3-6-20(19)30-23(31)22(25)21(15-27-30)29-12-4-11-28(13-14-29)16-17-7-9-18(26)10-8-17/h2-3,5-10,15H,4,11-14,16H2,1H3. The molecule has 1 fully saturated rings. The molecule has 1 saturated heterocycles. The van der Waals surface area contributed by atoms with Gasteiger partial charge in [0.15, 0.2) is 0 Å². The van der Waals surface area contributed by atoms with Crippen LogP contribution in [0.5, 0.6) is 0 Å². The van der Waals surface area contributed by atoms with Crippen molar-refractivity contribution in [1.82, 2.24) is 14.7 Å². The van der Waals surface area contributed by atoms with Crippen molar-refractivity contribution in [2.24, 2.45) is 0 Å². The summed E-state index contributed by atoms with van der Waals surface area (Å²) >= 11 is 6.50. The van der Waals surface area contributed by atoms with Crippen LogP contribution in [0.4, 0.5) is 10.1 Å². The number of rotatable bonds is 5. The van der Waals surface area contributed by atoms with E-state index in [-0.39, 0.29) is 16.4 Å². The van der Waals surface area contributed by atoms with Gasteiger partial charge < -0.3 is 9.64 Å². The quantitative estimate of drug-likeness (QED) is 0.531. The molecule has 2 heterocycles. The Labute approximate surface area is 196 Å². The number of ether oxygens (including phenoxy) is 1. The zero-order chi connectivity index (χ0) is 23.4. The molecule has 2 aromatic carbocycles. The highest BCUT2D eigenvalue weighted by atomic mass is 35.5. The largest absolute Gasteiger partial charge is 0.465 e. The number of para-hydroxylation sites is 1. The molecule has 0 aliphatic carbocycles. The van der Waals surface area contributed by atoms with Crippen molar-refractivity contribution in [1.29, 1.82) is 0 Å². The van der Waals surface area contributed by atoms with Gasteiger partial charge >= 0.3 is 5.97 Å². The Bertz CT molecular complexity index is 1200. The topological polar surface area (TPSA) is 67.7 Å². The fraction of sp³-hybridized carbons (Fsp3) is 0.292. The van der Waals surface area contributed by atoms with Gasteiger partial charge in [-0.1, -0.05) is 35.9 Å². The van der Waals surface area contributed by atoms with Crippen molar-refractivity contribution in [2.75, 3.05) is 38.2 Å². The second kappa shape index (κ2) is 10.1. The maximum absolute atomic E-state index is 13.2. The van der Waals surface area contributed by atoms with E-state index in [0.29, 0.717) is 17.9 Å². The number of anilines is 1. The Morgan fingerprint density at radius 1 is 1.06 bits per heavy atom. The number of benzene rings is 2. The molecule has 0 radical (unpaired) electrons. The van der Waals surface area contributed by atoms with E-state index in [4.69, 9.17) is 16.3 Å². The van der Waals surface area contributed by atoms with Crippen molar-refractivity contribution >= 4 is 23.3 Å². The Kier molecular flexibility index (Phi) is 7.05. The third-order valence-corrected chi connectivity index (χ3v) is 6.04. The van der Waals surface area contributed by atoms with Gasteiger partial charge in [-0.3, -0.25) is 9.69 Å². The fourth-order valence-corrected chi connectivity index (χ4v) is 4.22. The molecule has 0 spiro atoms. The normalized spacial score (nSPS) is 14.7. The first kappa shape index (κ1) is 22.9. The highest BCUT2D eigenvalue weighted by Crippen LogP contribution is 2.24. The van der Waals surface area contributed by atoms with Crippen LogP contribution in [0.3, 0.4) is 0 Å². The summed E-state index contributed by atoms with van der Waals surface area (Å²) in [5, 5.41) is 4.36. The van der Waals surface area contributed by atoms with Crippen LogP contribution >= 0.6 is 11.6 Å². The molecular formula is C24H24ClFN4O3. The van der Waals surface area contributed by atoms with E-state index in [9.17, 15) is 14.0 Å². The lowest BCUT2D eigenvalue weighted by molar-refractivity contribution is 0.0600. The number of carbonyl (C=O) groups excluding carboxylic acids is 1. The van der Waals surface area contributed by atoms with Crippen LogP contribution in [-0.2, 0) is 11.3 Å². The predicted molar refractivity (Wildman–Crippen MR) is 125 cm³/mol. The van der Waals surface area contributed by atoms with E-state index in [1.165, 1.54) is 19.2 Å². The minimum Gasteiger partial charge on any atom is -0.465 e. The summed E-state index contributed by atoms with van der Waals surface area (Å²) in [6, 6.07) is 13.1. The average Bonchev–Trinajstić information content (AvgIpc) is 3.07. The van der Waals surface area contributed by atoms with Crippen LogP contribution in [-0.4, -0.2) is 53.9 Å². The molecule has 1 aliphatic heterocycles. The Morgan fingerprint density at radius 2 is 1.82 bits per heavy atom. The van der Waals surface area contributed by atoms with Gasteiger partial charge in [-0.05, 0) is 36.2 Å². The summed E-state index contributed by atoms with van der Waals surface area (Å²) in [5.41, 5.74) is 1.65. The zero-order valence-electron chi connectivity index (χ0n) is 18.2. The van der Waals surface area contributed by atoms with E-state index < -0.39 is 11.5 Å². The first-order valence-corrected chi connectivity index (χ1v) is 11.0. The lowest BCUT2D eigenvalue weighted by Gasteiger charge is -2.24. The molecule has 33 heavy (non-hydrogen) atoms. The van der Waals surface area contributed by atoms with Crippen LogP contribution in [0.2, 0.25) is 5.02 Å². The number of carbonyl (C=O) groups is 1. The van der Waals surface area contributed by atoms with Crippen LogP contribution in [0.25, 0.3) is 5.69 Å². The van der Waals surface area contributed by atoms with E-state index in [1.54, 1.807) is 42.6 Å². The molecule has 0 atom stereocenters. The van der Waals surface area contributed by atoms with Crippen molar-refractivity contribution in [2.45, 2.75) is 13.0 Å². The Morgan fingerprint density at radius 3 is 2.58 bits per heavy atom. The maximum Gasteiger partial charge on any atom is 0.340 e. The van der Waals surface area contributed by atoms with E-state index >= 15 is 0 Å². The van der Waals surface area contributed by atoms with E-state index in [1.807, 2.05) is 0 Å². The number of nitrogens with zero attached hydrogens (tertiary/aromatic N) is 4. The Hall–Kier alpha value is -3.23. The number of aromatic nitrogens is 2. The smallest absolute Gasteiger partial charge is 0.340 e. The summed E-state index contributed by atoms with van der Waals surface area (Å²) in [6.07, 6.45) is 2.44. The van der Waals surface area contributed by atoms with Gasteiger partial charge in [0.2, 0.25) is 0 Å². The summed E-state index contributed by atoms with van der Waals surface area (Å²) in [4.78, 5) is 29.5. The van der Waals surface area contributed by atoms with Gasteiger partial charge in [-0.15, -0.1) is 0 Å². The lowest BCUT2D eigenvalue weighted by atomic mass is 10.2. The molecule has 0 amide bonds. The summed E-state index contributed by atoms with van der Waals surface area (Å²) < 4.78 is 19.1. The molecule has 9 heteroatoms. The van der Waals surface area contributed by atoms with Crippen molar-refractivity contribution in [3.63, 3.8) is 0 Å². The van der Waals surface area contributed by atoms with Crippen LogP contribution in [0, 0.1) is 5.82 Å². The predicted octanol–water partition coefficient (Wildman–Crippen LogP) is 3.52. The SMILES string of the molecule is COC(=O)c1ccccc1-n1ncc(N2CCCN(Cc3ccc(F)cc3)CC2)c(Cl)c1=O. The third-order valence-electron chi connectivity index (χ3n) is 5.69. The number of hydrogen-bond donors (Lipinski definition) is 0. The molecule has 172 valence electrons. The highest BCUT2D eigenvalue weighted by molar-refractivity contribution is 6.33. The Balaban J connectivity index is 1.54. The summed E-state index contributed by atoms with van der Waals surface area (Å²) in [6.45, 7) is 3.77. The second-order valence-electron chi connectivity index (χ2n) is 7.81. The molecule has 7 nitrogen and oxygen atoms in total.